The van der Waals surface area contributed by atoms with E-state index in [0.29, 0.717) is 5.56 Å². The van der Waals surface area contributed by atoms with Crippen molar-refractivity contribution in [3.05, 3.63) is 35.9 Å². The normalized spacial score (nSPS) is 14.4. The highest BCUT2D eigenvalue weighted by Gasteiger charge is 2.39. The fraction of sp³-hybridized carbons (Fsp3) is 0.603. The SMILES string of the molecule is CC(C)C[C@H](NC(=O)[C@@H](NC(=O)[C@H](CCC(=O)O)NC(=O)[C@@H](NC(=O)[C@H](Cc1ccccc1)NC(=O)[C@H](C)NC(=O)[C@H](CO)NC(=O)CNC(=O)[C@H](CC(=O)O)NC(=O)[C@H](CC(N)=O)NC(=O)CN)C(C)C)C(C)C)C(=O)N[C@H](C(=O)NCC(=O)N[C@@H](CO)C(=O)N[C@@H](CO)C(=O)N[C@@H](C)C(=O)NCC(=O)NCC(=O)N[C@@H](C)C(=O)NCC(=O)O)C(C)C. The number of primary amides is 1. The van der Waals surface area contributed by atoms with Crippen molar-refractivity contribution < 1.29 is 141 Å². The molecule has 686 valence electrons. The van der Waals surface area contributed by atoms with Crippen LogP contribution in [0.1, 0.15) is 114 Å². The molecule has 1 aromatic rings. The maximum atomic E-state index is 14.4. The van der Waals surface area contributed by atoms with Crippen molar-refractivity contribution in [2.75, 3.05) is 59.1 Å². The van der Waals surface area contributed by atoms with Crippen LogP contribution in [0.15, 0.2) is 30.3 Å². The number of carboxylic acids is 3. The summed E-state index contributed by atoms with van der Waals surface area (Å²) < 4.78 is 0. The van der Waals surface area contributed by atoms with E-state index in [0.717, 1.165) is 13.8 Å². The third kappa shape index (κ3) is 41.6. The molecule has 50 heteroatoms. The van der Waals surface area contributed by atoms with Gasteiger partial charge in [-0.25, -0.2) is 0 Å². The first kappa shape index (κ1) is 108. The largest absolute Gasteiger partial charge is 0.481 e. The summed E-state index contributed by atoms with van der Waals surface area (Å²) >= 11 is 0. The van der Waals surface area contributed by atoms with E-state index < -0.39 is 323 Å². The second-order valence-corrected chi connectivity index (χ2v) is 29.4. The Morgan fingerprint density at radius 1 is 0.309 bits per heavy atom. The number of carbonyl (C=O) groups is 23. The zero-order chi connectivity index (χ0) is 93.8. The summed E-state index contributed by atoms with van der Waals surface area (Å²) in [7, 11) is 0. The molecule has 1 aromatic carbocycles. The number of carbonyl (C=O) groups excluding carboxylic acids is 20. The van der Waals surface area contributed by atoms with Gasteiger partial charge in [-0.2, -0.15) is 0 Å². The molecule has 0 fully saturated rings. The predicted molar refractivity (Wildman–Crippen MR) is 424 cm³/mol. The average Bonchev–Trinajstić information content (AvgIpc) is 0.879. The molecule has 0 saturated carbocycles. The van der Waals surface area contributed by atoms with Crippen molar-refractivity contribution in [1.82, 2.24) is 101 Å². The van der Waals surface area contributed by atoms with Gasteiger partial charge >= 0.3 is 17.9 Å². The van der Waals surface area contributed by atoms with E-state index >= 15 is 0 Å². The minimum absolute atomic E-state index is 0.0909. The van der Waals surface area contributed by atoms with E-state index in [1.54, 1.807) is 44.2 Å². The number of rotatable bonds is 56. The number of aliphatic hydroxyl groups is 3. The number of carboxylic acid groups (broad SMARTS) is 3. The maximum absolute atomic E-state index is 14.4. The van der Waals surface area contributed by atoms with Crippen LogP contribution in [-0.2, 0) is 117 Å². The maximum Gasteiger partial charge on any atom is 0.322 e. The van der Waals surface area contributed by atoms with Crippen LogP contribution in [0.4, 0.5) is 0 Å². The van der Waals surface area contributed by atoms with Crippen LogP contribution in [0.2, 0.25) is 0 Å². The summed E-state index contributed by atoms with van der Waals surface area (Å²) in [5.41, 5.74) is 10.8. The first-order chi connectivity index (χ1) is 57.5. The fourth-order valence-electron chi connectivity index (χ4n) is 10.7. The third-order valence-corrected chi connectivity index (χ3v) is 17.4. The van der Waals surface area contributed by atoms with E-state index in [1.807, 2.05) is 16.0 Å². The van der Waals surface area contributed by atoms with Crippen LogP contribution in [-0.4, -0.2) is 310 Å². The molecular weight excluding hydrogens is 1630 g/mol. The van der Waals surface area contributed by atoms with Crippen molar-refractivity contribution in [3.8, 4) is 0 Å². The lowest BCUT2D eigenvalue weighted by Crippen LogP contribution is -2.62. The third-order valence-electron chi connectivity index (χ3n) is 17.4. The smallest absolute Gasteiger partial charge is 0.322 e. The molecule has 0 aromatic heterocycles. The summed E-state index contributed by atoms with van der Waals surface area (Å²) in [6, 6.07) is -14.6. The van der Waals surface area contributed by atoms with Crippen molar-refractivity contribution in [3.63, 3.8) is 0 Å². The summed E-state index contributed by atoms with van der Waals surface area (Å²) in [6.45, 7) is 7.91. The van der Waals surface area contributed by atoms with Crippen LogP contribution in [0.25, 0.3) is 0 Å². The molecule has 0 aliphatic carbocycles. The molecule has 0 aliphatic rings. The summed E-state index contributed by atoms with van der Waals surface area (Å²) in [6.07, 6.45) is -3.59. The lowest BCUT2D eigenvalue weighted by molar-refractivity contribution is -0.141. The summed E-state index contributed by atoms with van der Waals surface area (Å²) in [5, 5.41) is 101. The zero-order valence-corrected chi connectivity index (χ0v) is 69.6. The van der Waals surface area contributed by atoms with E-state index in [9.17, 15) is 136 Å². The lowest BCUT2D eigenvalue weighted by Gasteiger charge is -2.30. The van der Waals surface area contributed by atoms with E-state index in [1.165, 1.54) is 48.5 Å². The van der Waals surface area contributed by atoms with Crippen LogP contribution < -0.4 is 112 Å². The van der Waals surface area contributed by atoms with Crippen molar-refractivity contribution in [2.24, 2.45) is 35.1 Å². The van der Waals surface area contributed by atoms with Gasteiger partial charge in [-0.1, -0.05) is 85.7 Å². The Bertz CT molecular complexity index is 3920. The van der Waals surface area contributed by atoms with Crippen LogP contribution >= 0.6 is 0 Å². The van der Waals surface area contributed by atoms with Gasteiger partial charge in [0.05, 0.1) is 65.4 Å². The van der Waals surface area contributed by atoms with Crippen LogP contribution in [0.3, 0.4) is 0 Å². The topological polar surface area (TPSA) is 795 Å². The van der Waals surface area contributed by atoms with Gasteiger partial charge in [0.15, 0.2) is 0 Å². The minimum Gasteiger partial charge on any atom is -0.481 e. The number of aliphatic carboxylic acids is 3. The molecule has 0 spiro atoms. The number of hydrogen-bond acceptors (Lipinski definition) is 27. The van der Waals surface area contributed by atoms with Gasteiger partial charge < -0.3 is 143 Å². The number of benzene rings is 1. The molecule has 20 amide bonds. The fourth-order valence-corrected chi connectivity index (χ4v) is 10.7. The zero-order valence-electron chi connectivity index (χ0n) is 69.6. The molecule has 50 nitrogen and oxygen atoms in total. The van der Waals surface area contributed by atoms with Crippen molar-refractivity contribution in [2.45, 2.75) is 199 Å². The predicted octanol–water partition coefficient (Wildman–Crippen LogP) is -13.1. The molecule has 0 heterocycles. The van der Waals surface area contributed by atoms with Gasteiger partial charge in [0, 0.05) is 12.8 Å². The lowest BCUT2D eigenvalue weighted by atomic mass is 9.98. The molecule has 0 radical (unpaired) electrons. The quantitative estimate of drug-likeness (QED) is 0.0288. The van der Waals surface area contributed by atoms with Gasteiger partial charge in [-0.15, -0.1) is 0 Å². The standard InChI is InChI=1S/C73H115N21O29/c1-32(2)19-41(66(116)92-57(33(3)4)71(121)79-27-53(103)86-46(30-96)70(120)91-47(31-97)69(119)82-37(10)61(111)77-24-50(100)76-25-51(101)81-36(9)60(110)80-28-56(108)109)90-73(123)59(35(7)8)93-64(114)40(17-18-54(104)105)87-72(122)58(34(5)6)94-67(117)42(20-39-15-13-12-14-16-39)88-62(112)38(11)83-68(118)45(29-95)85-52(102)26-78-63(113)44(22-55(106)107)89-65(115)43(21-48(75)98)84-49(99)23-74/h12-16,32-38,40-47,57-59,95-97H,17-31,74H2,1-11H3,(H2,75,98)(H,76,100)(H,77,111)(H,78,113)(H,79,121)(H,80,110)(H,81,101)(H,82,119)(H,83,118)(H,84,99)(H,85,102)(H,86,103)(H,87,122)(H,88,112)(H,89,115)(H,90,123)(H,91,120)(H,92,116)(H,93,114)(H,94,117)(H,104,105)(H,106,107)(H,108,109)/t36-,37-,38-,40-,41-,42-,43-,44-,45-,46-,47-,57-,58-,59-/m0/s1. The molecule has 0 unspecified atom stereocenters. The number of hydrogen-bond donors (Lipinski definition) is 27. The Balaban J connectivity index is 3.24. The Morgan fingerprint density at radius 3 is 1.11 bits per heavy atom. The van der Waals surface area contributed by atoms with E-state index in [4.69, 9.17) is 16.6 Å². The van der Waals surface area contributed by atoms with Crippen LogP contribution in [0, 0.1) is 23.7 Å². The minimum atomic E-state index is -1.93. The molecule has 14 atom stereocenters. The molecule has 0 bridgehead atoms. The summed E-state index contributed by atoms with van der Waals surface area (Å²) in [5.74, 6) is -28.2. The Labute approximate surface area is 704 Å². The first-order valence-electron chi connectivity index (χ1n) is 38.6. The Hall–Kier alpha value is -13.1. The highest BCUT2D eigenvalue weighted by Crippen LogP contribution is 2.14. The second-order valence-electron chi connectivity index (χ2n) is 29.4. The van der Waals surface area contributed by atoms with Gasteiger partial charge in [0.2, 0.25) is 118 Å². The average molecular weight is 1750 g/mol. The molecule has 29 N–H and O–H groups in total. The van der Waals surface area contributed by atoms with Gasteiger partial charge in [-0.05, 0) is 62.8 Å². The van der Waals surface area contributed by atoms with Crippen LogP contribution in [0.5, 0.6) is 0 Å². The molecule has 0 saturated heterocycles. The number of aliphatic hydroxyl groups excluding tert-OH is 3. The highest BCUT2D eigenvalue weighted by atomic mass is 16.4. The van der Waals surface area contributed by atoms with Gasteiger partial charge in [0.25, 0.3) is 0 Å². The number of nitrogens with two attached hydrogens (primary N) is 2. The number of nitrogens with one attached hydrogen (secondary N) is 19. The Kier molecular flexibility index (Phi) is 48.2. The number of amides is 20. The monoisotopic (exact) mass is 1750 g/mol. The second kappa shape index (κ2) is 54.9. The Morgan fingerprint density at radius 2 is 0.659 bits per heavy atom. The first-order valence-corrected chi connectivity index (χ1v) is 38.6. The van der Waals surface area contributed by atoms with Gasteiger partial charge in [0.1, 0.15) is 91.1 Å². The highest BCUT2D eigenvalue weighted by molar-refractivity contribution is 6.02. The van der Waals surface area contributed by atoms with Crippen molar-refractivity contribution in [1.29, 1.82) is 0 Å². The van der Waals surface area contributed by atoms with Gasteiger partial charge in [-0.3, -0.25) is 110 Å². The molecule has 1 rings (SSSR count). The van der Waals surface area contributed by atoms with E-state index in [-0.39, 0.29) is 18.8 Å². The molecule has 0 aliphatic heterocycles. The molecule has 123 heavy (non-hydrogen) atoms. The molecular formula is C73H115N21O29. The van der Waals surface area contributed by atoms with Crippen molar-refractivity contribution >= 4 is 136 Å². The van der Waals surface area contributed by atoms with E-state index in [2.05, 4.69) is 85.1 Å². The summed E-state index contributed by atoms with van der Waals surface area (Å²) in [4.78, 5) is 298.